The number of alkyl halides is 3. The van der Waals surface area contributed by atoms with Crippen LogP contribution in [0.25, 0.3) is 0 Å². The minimum atomic E-state index is -4.54. The maximum atomic E-state index is 13.4. The molecule has 5 rings (SSSR count). The van der Waals surface area contributed by atoms with Crippen molar-refractivity contribution in [1.29, 1.82) is 0 Å². The number of pyridine rings is 1. The van der Waals surface area contributed by atoms with Gasteiger partial charge in [0.1, 0.15) is 17.3 Å². The molecule has 12 heteroatoms. The maximum absolute atomic E-state index is 13.4. The number of nitrogens with one attached hydrogen (secondary N) is 3. The highest BCUT2D eigenvalue weighted by atomic mass is 35.5. The van der Waals surface area contributed by atoms with Crippen LogP contribution in [-0.2, 0) is 36.8 Å². The van der Waals surface area contributed by atoms with E-state index in [0.29, 0.717) is 48.6 Å². The van der Waals surface area contributed by atoms with Crippen molar-refractivity contribution in [2.24, 2.45) is 0 Å². The SMILES string of the molecule is CNCc1cc(C(=O)N[C@@H]2CCc3ccc(Oc4ccnc5c4CCC(=O)N5)cc3C2)cc(C(F)(F)F)c1.Cl.Cl. The molecule has 2 aliphatic rings. The number of hydrogen-bond acceptors (Lipinski definition) is 5. The fraction of sp³-hybridized carbons (Fsp3) is 0.321. The number of fused-ring (bicyclic) bond motifs is 2. The number of aromatic nitrogens is 1. The highest BCUT2D eigenvalue weighted by Gasteiger charge is 2.32. The minimum absolute atomic E-state index is 0. The molecule has 0 unspecified atom stereocenters. The molecule has 1 atom stereocenters. The van der Waals surface area contributed by atoms with Gasteiger partial charge >= 0.3 is 6.18 Å². The zero-order valence-electron chi connectivity index (χ0n) is 21.6. The Morgan fingerprint density at radius 1 is 1.07 bits per heavy atom. The van der Waals surface area contributed by atoms with Gasteiger partial charge in [0.05, 0.1) is 5.56 Å². The number of carbonyl (C=O) groups is 2. The lowest BCUT2D eigenvalue weighted by atomic mass is 9.88. The van der Waals surface area contributed by atoms with E-state index < -0.39 is 17.6 Å². The molecule has 40 heavy (non-hydrogen) atoms. The first kappa shape index (κ1) is 31.2. The Labute approximate surface area is 242 Å². The summed E-state index contributed by atoms with van der Waals surface area (Å²) in [7, 11) is 1.64. The van der Waals surface area contributed by atoms with E-state index in [2.05, 4.69) is 20.9 Å². The molecule has 0 radical (unpaired) electrons. The number of nitrogens with zero attached hydrogens (tertiary/aromatic N) is 1. The van der Waals surface area contributed by atoms with Crippen molar-refractivity contribution in [3.8, 4) is 11.5 Å². The van der Waals surface area contributed by atoms with Crippen molar-refractivity contribution in [2.45, 2.75) is 50.9 Å². The van der Waals surface area contributed by atoms with Gasteiger partial charge in [0, 0.05) is 36.3 Å². The fourth-order valence-electron chi connectivity index (χ4n) is 4.96. The lowest BCUT2D eigenvalue weighted by Crippen LogP contribution is -2.39. The second kappa shape index (κ2) is 12.9. The Balaban J connectivity index is 0.00000220. The van der Waals surface area contributed by atoms with Crippen LogP contribution >= 0.6 is 24.8 Å². The molecule has 2 aromatic carbocycles. The number of carbonyl (C=O) groups excluding carboxylic acids is 2. The molecule has 0 spiro atoms. The van der Waals surface area contributed by atoms with Crippen molar-refractivity contribution in [3.63, 3.8) is 0 Å². The first-order valence-corrected chi connectivity index (χ1v) is 12.4. The molecule has 1 aliphatic heterocycles. The van der Waals surface area contributed by atoms with Crippen LogP contribution in [-0.4, -0.2) is 29.9 Å². The molecule has 3 aromatic rings. The van der Waals surface area contributed by atoms with Gasteiger partial charge in [-0.25, -0.2) is 4.98 Å². The molecule has 7 nitrogen and oxygen atoms in total. The normalized spacial score (nSPS) is 15.9. The molecule has 0 saturated carbocycles. The number of rotatable bonds is 6. The summed E-state index contributed by atoms with van der Waals surface area (Å²) in [6.07, 6.45) is -0.120. The molecular formula is C28H29Cl2F3N4O3. The van der Waals surface area contributed by atoms with Gasteiger partial charge in [-0.2, -0.15) is 13.2 Å². The van der Waals surface area contributed by atoms with Gasteiger partial charge in [0.2, 0.25) is 5.91 Å². The number of halogens is 5. The molecule has 0 saturated heterocycles. The predicted octanol–water partition coefficient (Wildman–Crippen LogP) is 5.63. The Morgan fingerprint density at radius 2 is 1.88 bits per heavy atom. The summed E-state index contributed by atoms with van der Waals surface area (Å²) in [4.78, 5) is 28.9. The average molecular weight is 597 g/mol. The summed E-state index contributed by atoms with van der Waals surface area (Å²) in [6, 6.07) is 10.8. The predicted molar refractivity (Wildman–Crippen MR) is 150 cm³/mol. The van der Waals surface area contributed by atoms with E-state index in [1.807, 2.05) is 18.2 Å². The minimum Gasteiger partial charge on any atom is -0.457 e. The summed E-state index contributed by atoms with van der Waals surface area (Å²) >= 11 is 0. The van der Waals surface area contributed by atoms with Crippen molar-refractivity contribution in [2.75, 3.05) is 12.4 Å². The standard InChI is InChI=1S/C28H27F3N4O3.2ClH/c1-32-15-16-10-19(12-20(11-16)28(29,30)31)27(37)34-21-4-2-17-3-5-22(14-18(17)13-21)38-24-8-9-33-26-23(24)6-7-25(36)35-26;;/h3,5,8-12,14,21,32H,2,4,6-7,13,15H2,1H3,(H,34,37)(H,33,35,36);2*1H/t21-;;/m1../s1. The van der Waals surface area contributed by atoms with E-state index in [9.17, 15) is 22.8 Å². The largest absolute Gasteiger partial charge is 0.457 e. The number of benzene rings is 2. The number of anilines is 1. The van der Waals surface area contributed by atoms with Crippen LogP contribution < -0.4 is 20.7 Å². The third kappa shape index (κ3) is 7.04. The van der Waals surface area contributed by atoms with Gasteiger partial charge in [-0.05, 0) is 85.8 Å². The van der Waals surface area contributed by atoms with Gasteiger partial charge in [-0.3, -0.25) is 9.59 Å². The van der Waals surface area contributed by atoms with E-state index >= 15 is 0 Å². The number of amides is 2. The van der Waals surface area contributed by atoms with Gasteiger partial charge in [0.15, 0.2) is 0 Å². The van der Waals surface area contributed by atoms with Crippen molar-refractivity contribution in [3.05, 3.63) is 82.0 Å². The zero-order valence-corrected chi connectivity index (χ0v) is 23.2. The molecule has 1 aliphatic carbocycles. The lowest BCUT2D eigenvalue weighted by Gasteiger charge is -2.26. The number of hydrogen-bond donors (Lipinski definition) is 3. The van der Waals surface area contributed by atoms with E-state index in [1.54, 1.807) is 19.3 Å². The Bertz CT molecular complexity index is 1400. The van der Waals surface area contributed by atoms with Gasteiger partial charge in [-0.15, -0.1) is 24.8 Å². The van der Waals surface area contributed by atoms with E-state index in [4.69, 9.17) is 4.74 Å². The molecule has 214 valence electrons. The highest BCUT2D eigenvalue weighted by molar-refractivity contribution is 5.95. The summed E-state index contributed by atoms with van der Waals surface area (Å²) in [6.45, 7) is 0.219. The molecule has 1 aromatic heterocycles. The first-order valence-electron chi connectivity index (χ1n) is 12.4. The Morgan fingerprint density at radius 3 is 2.62 bits per heavy atom. The number of ether oxygens (including phenoxy) is 1. The first-order chi connectivity index (χ1) is 18.2. The quantitative estimate of drug-likeness (QED) is 0.343. The van der Waals surface area contributed by atoms with Gasteiger partial charge < -0.3 is 20.7 Å². The third-order valence-electron chi connectivity index (χ3n) is 6.81. The lowest BCUT2D eigenvalue weighted by molar-refractivity contribution is -0.137. The Kier molecular flexibility index (Phi) is 10.0. The molecule has 3 N–H and O–H groups in total. The van der Waals surface area contributed by atoms with Gasteiger partial charge in [0.25, 0.3) is 5.91 Å². The van der Waals surface area contributed by atoms with Crippen molar-refractivity contribution < 1.29 is 27.5 Å². The van der Waals surface area contributed by atoms with Crippen LogP contribution in [0.4, 0.5) is 19.0 Å². The van der Waals surface area contributed by atoms with E-state index in [0.717, 1.165) is 35.2 Å². The summed E-state index contributed by atoms with van der Waals surface area (Å²) in [5.41, 5.74) is 2.53. The number of aryl methyl sites for hydroxylation is 1. The van der Waals surface area contributed by atoms with Crippen LogP contribution in [0.2, 0.25) is 0 Å². The zero-order chi connectivity index (χ0) is 26.9. The smallest absolute Gasteiger partial charge is 0.416 e. The van der Waals surface area contributed by atoms with Crippen molar-refractivity contribution in [1.82, 2.24) is 15.6 Å². The topological polar surface area (TPSA) is 92.3 Å². The molecule has 0 bridgehead atoms. The fourth-order valence-corrected chi connectivity index (χ4v) is 4.96. The van der Waals surface area contributed by atoms with Crippen LogP contribution in [0.15, 0.2) is 48.7 Å². The second-order valence-corrected chi connectivity index (χ2v) is 9.58. The molecule has 2 heterocycles. The van der Waals surface area contributed by atoms with Gasteiger partial charge in [-0.1, -0.05) is 6.07 Å². The van der Waals surface area contributed by atoms with Crippen LogP contribution in [0.3, 0.4) is 0 Å². The highest BCUT2D eigenvalue weighted by Crippen LogP contribution is 2.35. The summed E-state index contributed by atoms with van der Waals surface area (Å²) in [5, 5.41) is 8.51. The van der Waals surface area contributed by atoms with Crippen LogP contribution in [0.1, 0.15) is 51.0 Å². The van der Waals surface area contributed by atoms with Crippen molar-refractivity contribution >= 4 is 42.4 Å². The maximum Gasteiger partial charge on any atom is 0.416 e. The Hall–Kier alpha value is -3.34. The average Bonchev–Trinajstić information content (AvgIpc) is 2.88. The summed E-state index contributed by atoms with van der Waals surface area (Å²) < 4.78 is 46.3. The molecule has 2 amide bonds. The third-order valence-corrected chi connectivity index (χ3v) is 6.81. The summed E-state index contributed by atoms with van der Waals surface area (Å²) in [5.74, 6) is 1.15. The second-order valence-electron chi connectivity index (χ2n) is 9.58. The monoisotopic (exact) mass is 596 g/mol. The van der Waals surface area contributed by atoms with Crippen LogP contribution in [0, 0.1) is 0 Å². The van der Waals surface area contributed by atoms with E-state index in [1.165, 1.54) is 6.07 Å². The van der Waals surface area contributed by atoms with Crippen LogP contribution in [0.5, 0.6) is 11.5 Å². The van der Waals surface area contributed by atoms with E-state index in [-0.39, 0.29) is 48.9 Å². The molecule has 0 fully saturated rings. The molecular weight excluding hydrogens is 568 g/mol.